The van der Waals surface area contributed by atoms with Crippen LogP contribution in [0.3, 0.4) is 0 Å². The van der Waals surface area contributed by atoms with Gasteiger partial charge in [-0.1, -0.05) is 90.8 Å². The topological polar surface area (TPSA) is 129 Å². The van der Waals surface area contributed by atoms with Crippen molar-refractivity contribution in [1.29, 1.82) is 0 Å². The van der Waals surface area contributed by atoms with Crippen LogP contribution in [0.15, 0.2) is 127 Å². The van der Waals surface area contributed by atoms with Gasteiger partial charge in [0.25, 0.3) is 0 Å². The number of benzene rings is 4. The van der Waals surface area contributed by atoms with Crippen LogP contribution in [0, 0.1) is 29.4 Å². The molecule has 68 heavy (non-hydrogen) atoms. The second-order valence-electron chi connectivity index (χ2n) is 18.8. The Bertz CT molecular complexity index is 2340. The fraction of sp³-hybridized carbons (Fsp3) is 0.455. The number of aliphatic hydroxyl groups excluding tert-OH is 2. The van der Waals surface area contributed by atoms with Crippen LogP contribution in [0.5, 0.6) is 11.5 Å². The summed E-state index contributed by atoms with van der Waals surface area (Å²) in [5.74, 6) is -2.32. The normalized spacial score (nSPS) is 22.3. The van der Waals surface area contributed by atoms with Crippen LogP contribution in [0.25, 0.3) is 0 Å². The van der Waals surface area contributed by atoms with E-state index in [9.17, 15) is 23.8 Å². The number of carbonyl (C=O) groups excluding carboxylic acids is 1. The minimum absolute atomic E-state index is 0.000444. The highest BCUT2D eigenvalue weighted by molar-refractivity contribution is 6.03. The summed E-state index contributed by atoms with van der Waals surface area (Å²) in [6, 6.07) is 26.9. The molecule has 2 N–H and O–H groups in total. The Kier molecular flexibility index (Phi) is 17.5. The number of fused-ring (bicyclic) bond motifs is 2. The lowest BCUT2D eigenvalue weighted by Crippen LogP contribution is -2.70. The molecular weight excluding hydrogens is 871 g/mol. The van der Waals surface area contributed by atoms with Gasteiger partial charge in [0.05, 0.1) is 31.5 Å². The highest BCUT2D eigenvalue weighted by Crippen LogP contribution is 2.62. The summed E-state index contributed by atoms with van der Waals surface area (Å²) in [4.78, 5) is 22.8. The molecule has 4 aromatic carbocycles. The van der Waals surface area contributed by atoms with Crippen LogP contribution in [0.2, 0.25) is 0 Å². The van der Waals surface area contributed by atoms with E-state index in [1.165, 1.54) is 18.2 Å². The van der Waals surface area contributed by atoms with Crippen molar-refractivity contribution >= 4 is 11.8 Å². The molecule has 2 aliphatic carbocycles. The van der Waals surface area contributed by atoms with Crippen LogP contribution in [0.1, 0.15) is 93.9 Å². The fourth-order valence-electron chi connectivity index (χ4n) is 9.83. The van der Waals surface area contributed by atoms with E-state index in [-0.39, 0.29) is 76.2 Å². The molecule has 3 aliphatic rings. The van der Waals surface area contributed by atoms with Gasteiger partial charge in [0.2, 0.25) is 5.79 Å². The van der Waals surface area contributed by atoms with E-state index in [0.29, 0.717) is 47.8 Å². The van der Waals surface area contributed by atoms with E-state index >= 15 is 0 Å². The number of allylic oxidation sites excluding steroid dienone is 1. The van der Waals surface area contributed by atoms with Crippen LogP contribution in [0.4, 0.5) is 13.6 Å². The van der Waals surface area contributed by atoms with Crippen molar-refractivity contribution in [3.8, 4) is 11.5 Å². The van der Waals surface area contributed by atoms with E-state index in [0.717, 1.165) is 42.4 Å². The van der Waals surface area contributed by atoms with Gasteiger partial charge in [0.1, 0.15) is 48.0 Å². The zero-order valence-electron chi connectivity index (χ0n) is 39.5. The largest absolute Gasteiger partial charge is 0.489 e. The first-order valence-corrected chi connectivity index (χ1v) is 23.9. The standard InChI is InChI=1S/C55H66F2N2O9/c1-5-29-66-55-50(59(35-38-21-23-42(56)24-22-38)53(62)64-31-30-63-36-39-15-7-6-8-16-39)34-48(58-68-54(2,3)4)45-32-40(17-11-13-27-60)44(19-12-14-28-61)51(52(45)55)46-33-43(25-26-49(46)67-55)65-37-41-18-9-10-20-47(41)57/h5-10,15-16,18,20-26,32-33,40,44,50-52,60-61H,1,11-14,17,19,27-31,34-37H2,2-4H3. The molecule has 6 atom stereocenters. The molecule has 7 rings (SSSR count). The number of unbranched alkanes of at least 4 members (excludes halogenated alkanes) is 2. The summed E-state index contributed by atoms with van der Waals surface area (Å²) in [5, 5.41) is 24.9. The Balaban J connectivity index is 1.38. The molecule has 0 bridgehead atoms. The molecule has 13 heteroatoms. The van der Waals surface area contributed by atoms with Crippen LogP contribution >= 0.6 is 0 Å². The number of aliphatic hydroxyl groups is 2. The summed E-state index contributed by atoms with van der Waals surface area (Å²) < 4.78 is 62.0. The third-order valence-corrected chi connectivity index (χ3v) is 12.9. The second-order valence-corrected chi connectivity index (χ2v) is 18.8. The third kappa shape index (κ3) is 12.3. The van der Waals surface area contributed by atoms with Gasteiger partial charge in [-0.05, 0) is 111 Å². The van der Waals surface area contributed by atoms with Crippen LogP contribution < -0.4 is 9.47 Å². The smallest absolute Gasteiger partial charge is 0.410 e. The number of hydrogen-bond acceptors (Lipinski definition) is 10. The number of ether oxygens (including phenoxy) is 5. The predicted molar refractivity (Wildman–Crippen MR) is 256 cm³/mol. The second kappa shape index (κ2) is 23.6. The Morgan fingerprint density at radius 2 is 1.63 bits per heavy atom. The molecule has 1 saturated carbocycles. The molecule has 0 spiro atoms. The van der Waals surface area contributed by atoms with Gasteiger partial charge >= 0.3 is 6.09 Å². The SMILES string of the molecule is C=CCOC12Oc3ccc(OCc4ccccc4F)cc3C3C(CCCCO)C(CCCCO)C=C(C(=NOC(C)(C)C)CC1N(Cc1ccc(F)cc1)C(=O)OCCOCc1ccccc1)C32. The maximum atomic E-state index is 14.9. The van der Waals surface area contributed by atoms with Crippen molar-refractivity contribution in [2.24, 2.45) is 22.9 Å². The summed E-state index contributed by atoms with van der Waals surface area (Å²) in [6.45, 7) is 10.4. The molecule has 0 aromatic heterocycles. The average molecular weight is 937 g/mol. The highest BCUT2D eigenvalue weighted by Gasteiger charge is 2.65. The number of oxime groups is 1. The molecule has 1 fully saturated rings. The molecular formula is C55H66F2N2O9. The quantitative estimate of drug-likeness (QED) is 0.0424. The lowest BCUT2D eigenvalue weighted by atomic mass is 9.55. The Labute approximate surface area is 399 Å². The first kappa shape index (κ1) is 50.3. The Morgan fingerprint density at radius 3 is 2.35 bits per heavy atom. The molecule has 11 nitrogen and oxygen atoms in total. The zero-order chi connectivity index (χ0) is 48.1. The minimum atomic E-state index is -1.58. The third-order valence-electron chi connectivity index (χ3n) is 12.9. The molecule has 4 aromatic rings. The number of carbonyl (C=O) groups is 1. The van der Waals surface area contributed by atoms with E-state index in [4.69, 9.17) is 33.7 Å². The molecule has 6 unspecified atom stereocenters. The number of halogens is 2. The van der Waals surface area contributed by atoms with Gasteiger partial charge in [0, 0.05) is 43.2 Å². The molecule has 1 amide bonds. The predicted octanol–water partition coefficient (Wildman–Crippen LogP) is 10.8. The molecule has 0 saturated heterocycles. The van der Waals surface area contributed by atoms with E-state index < -0.39 is 35.3 Å². The molecule has 1 heterocycles. The summed E-state index contributed by atoms with van der Waals surface area (Å²) in [7, 11) is 0. The van der Waals surface area contributed by atoms with Crippen molar-refractivity contribution in [1.82, 2.24) is 4.90 Å². The van der Waals surface area contributed by atoms with Crippen molar-refractivity contribution in [3.63, 3.8) is 0 Å². The van der Waals surface area contributed by atoms with Crippen molar-refractivity contribution in [3.05, 3.63) is 155 Å². The first-order chi connectivity index (χ1) is 32.9. The van der Waals surface area contributed by atoms with Gasteiger partial charge in [-0.2, -0.15) is 0 Å². The first-order valence-electron chi connectivity index (χ1n) is 23.9. The number of amides is 1. The van der Waals surface area contributed by atoms with E-state index in [2.05, 4.69) is 12.7 Å². The number of hydrogen-bond donors (Lipinski definition) is 2. The van der Waals surface area contributed by atoms with Gasteiger partial charge in [-0.25, -0.2) is 13.6 Å². The monoisotopic (exact) mass is 936 g/mol. The van der Waals surface area contributed by atoms with Crippen LogP contribution in [-0.4, -0.2) is 77.4 Å². The minimum Gasteiger partial charge on any atom is -0.489 e. The van der Waals surface area contributed by atoms with Crippen LogP contribution in [-0.2, 0) is 38.8 Å². The lowest BCUT2D eigenvalue weighted by Gasteiger charge is -2.60. The lowest BCUT2D eigenvalue weighted by molar-refractivity contribution is -0.256. The Morgan fingerprint density at radius 1 is 0.897 bits per heavy atom. The van der Waals surface area contributed by atoms with Crippen molar-refractivity contribution in [2.75, 3.05) is 33.0 Å². The van der Waals surface area contributed by atoms with Crippen molar-refractivity contribution in [2.45, 2.75) is 109 Å². The van der Waals surface area contributed by atoms with Crippen molar-refractivity contribution < 1.29 is 52.3 Å². The summed E-state index contributed by atoms with van der Waals surface area (Å²) >= 11 is 0. The molecule has 0 radical (unpaired) electrons. The fourth-order valence-corrected chi connectivity index (χ4v) is 9.83. The van der Waals surface area contributed by atoms with Gasteiger partial charge in [0.15, 0.2) is 0 Å². The van der Waals surface area contributed by atoms with E-state index in [1.807, 2.05) is 63.2 Å². The maximum Gasteiger partial charge on any atom is 0.410 e. The molecule has 364 valence electrons. The van der Waals surface area contributed by atoms with E-state index in [1.54, 1.807) is 47.4 Å². The maximum absolute atomic E-state index is 14.9. The number of nitrogens with zero attached hydrogens (tertiary/aromatic N) is 2. The van der Waals surface area contributed by atoms with Gasteiger partial charge in [-0.3, -0.25) is 4.90 Å². The average Bonchev–Trinajstić information content (AvgIpc) is 3.33. The Hall–Kier alpha value is -5.60. The van der Waals surface area contributed by atoms with Gasteiger partial charge < -0.3 is 38.7 Å². The zero-order valence-corrected chi connectivity index (χ0v) is 39.5. The summed E-state index contributed by atoms with van der Waals surface area (Å²) in [5.41, 5.74) is 3.70. The van der Waals surface area contributed by atoms with Gasteiger partial charge in [-0.15, -0.1) is 6.58 Å². The summed E-state index contributed by atoms with van der Waals surface area (Å²) in [6.07, 6.45) is 7.62. The number of rotatable bonds is 23. The highest BCUT2D eigenvalue weighted by atomic mass is 19.1. The molecule has 1 aliphatic heterocycles.